The largest absolute Gasteiger partial charge is 0.388 e. The topological polar surface area (TPSA) is 107 Å². The van der Waals surface area contributed by atoms with Crippen molar-refractivity contribution in [2.24, 2.45) is 0 Å². The molecule has 2 aliphatic rings. The molecule has 3 rings (SSSR count). The average Bonchev–Trinajstić information content (AvgIpc) is 2.64. The third-order valence-corrected chi connectivity index (χ3v) is 7.09. The Morgan fingerprint density at radius 1 is 1.25 bits per heavy atom. The van der Waals surface area contributed by atoms with Crippen LogP contribution in [0.5, 0.6) is 0 Å². The lowest BCUT2D eigenvalue weighted by atomic mass is 9.76. The van der Waals surface area contributed by atoms with E-state index in [2.05, 4.69) is 0 Å². The Labute approximate surface area is 165 Å². The first-order chi connectivity index (χ1) is 12.9. The molecule has 1 aromatic rings. The van der Waals surface area contributed by atoms with Gasteiger partial charge in [-0.1, -0.05) is 0 Å². The fraction of sp³-hybridized carbons (Fsp3) is 0.632. The molecule has 0 aromatic heterocycles. The molecule has 2 saturated heterocycles. The highest BCUT2D eigenvalue weighted by molar-refractivity contribution is 7.92. The monoisotopic (exact) mass is 412 g/mol. The van der Waals surface area contributed by atoms with Gasteiger partial charge in [-0.2, -0.15) is 0 Å². The summed E-state index contributed by atoms with van der Waals surface area (Å²) < 4.78 is 30.2. The Hall–Kier alpha value is -1.68. The summed E-state index contributed by atoms with van der Waals surface area (Å²) in [6.45, 7) is 2.71. The number of benzene rings is 1. The number of carbonyl (C=O) groups excluding carboxylic acids is 1. The molecule has 1 spiro atoms. The van der Waals surface area contributed by atoms with E-state index in [0.717, 1.165) is 10.6 Å². The second-order valence-electron chi connectivity index (χ2n) is 8.11. The Balaban J connectivity index is 1.64. The summed E-state index contributed by atoms with van der Waals surface area (Å²) in [4.78, 5) is 14.5. The molecule has 0 unspecified atom stereocenters. The van der Waals surface area contributed by atoms with Gasteiger partial charge in [0.05, 0.1) is 29.8 Å². The van der Waals surface area contributed by atoms with Crippen molar-refractivity contribution in [3.63, 3.8) is 0 Å². The zero-order chi connectivity index (χ0) is 20.7. The molecule has 156 valence electrons. The predicted octanol–water partition coefficient (Wildman–Crippen LogP) is 0.589. The summed E-state index contributed by atoms with van der Waals surface area (Å²) in [5, 5.41) is 20.3. The van der Waals surface area contributed by atoms with Crippen LogP contribution in [-0.2, 0) is 14.8 Å². The number of anilines is 1. The van der Waals surface area contributed by atoms with Gasteiger partial charge in [0.1, 0.15) is 6.10 Å². The first-order valence-electron chi connectivity index (χ1n) is 9.31. The van der Waals surface area contributed by atoms with Gasteiger partial charge in [-0.3, -0.25) is 9.10 Å². The van der Waals surface area contributed by atoms with E-state index in [-0.39, 0.29) is 12.5 Å². The molecule has 0 radical (unpaired) electrons. The molecule has 1 amide bonds. The highest BCUT2D eigenvalue weighted by atomic mass is 32.2. The normalized spacial score (nSPS) is 27.6. The number of amides is 1. The van der Waals surface area contributed by atoms with Crippen LogP contribution in [0.4, 0.5) is 5.69 Å². The number of piperidine rings is 1. The molecule has 0 saturated carbocycles. The van der Waals surface area contributed by atoms with Gasteiger partial charge >= 0.3 is 0 Å². The lowest BCUT2D eigenvalue weighted by Gasteiger charge is -2.49. The minimum absolute atomic E-state index is 0.0935. The van der Waals surface area contributed by atoms with Crippen LogP contribution in [0.1, 0.15) is 36.5 Å². The van der Waals surface area contributed by atoms with Crippen LogP contribution in [0, 0.1) is 0 Å². The number of hydrogen-bond donors (Lipinski definition) is 2. The van der Waals surface area contributed by atoms with Gasteiger partial charge in [0, 0.05) is 32.1 Å². The van der Waals surface area contributed by atoms with Crippen molar-refractivity contribution in [2.45, 2.75) is 43.5 Å². The fourth-order valence-electron chi connectivity index (χ4n) is 3.88. The van der Waals surface area contributed by atoms with Crippen molar-refractivity contribution in [3.8, 4) is 0 Å². The Morgan fingerprint density at radius 3 is 2.32 bits per heavy atom. The van der Waals surface area contributed by atoms with E-state index in [1.165, 1.54) is 7.05 Å². The molecule has 1 aromatic carbocycles. The van der Waals surface area contributed by atoms with E-state index in [9.17, 15) is 23.4 Å². The summed E-state index contributed by atoms with van der Waals surface area (Å²) in [6.07, 6.45) is 1.75. The quantitative estimate of drug-likeness (QED) is 0.752. The average molecular weight is 413 g/mol. The molecule has 28 heavy (non-hydrogen) atoms. The van der Waals surface area contributed by atoms with Gasteiger partial charge < -0.3 is 19.8 Å². The van der Waals surface area contributed by atoms with Gasteiger partial charge in [0.15, 0.2) is 0 Å². The lowest BCUT2D eigenvalue weighted by molar-refractivity contribution is -0.221. The fourth-order valence-corrected chi connectivity index (χ4v) is 4.39. The number of nitrogens with zero attached hydrogens (tertiary/aromatic N) is 2. The molecule has 0 bridgehead atoms. The lowest BCUT2D eigenvalue weighted by Crippen LogP contribution is -2.59. The molecular formula is C19H28N2O6S. The minimum atomic E-state index is -3.35. The van der Waals surface area contributed by atoms with Gasteiger partial charge in [-0.25, -0.2) is 8.42 Å². The second-order valence-corrected chi connectivity index (χ2v) is 10.1. The third kappa shape index (κ3) is 4.17. The highest BCUT2D eigenvalue weighted by Crippen LogP contribution is 2.39. The number of sulfonamides is 1. The maximum atomic E-state index is 12.8. The second kappa shape index (κ2) is 7.29. The van der Waals surface area contributed by atoms with Crippen LogP contribution in [0.15, 0.2) is 24.3 Å². The minimum Gasteiger partial charge on any atom is -0.388 e. The van der Waals surface area contributed by atoms with E-state index in [4.69, 9.17) is 4.74 Å². The van der Waals surface area contributed by atoms with Gasteiger partial charge in [0.2, 0.25) is 10.0 Å². The molecular weight excluding hydrogens is 384 g/mol. The van der Waals surface area contributed by atoms with Crippen molar-refractivity contribution >= 4 is 21.6 Å². The van der Waals surface area contributed by atoms with Gasteiger partial charge in [-0.05, 0) is 44.0 Å². The van der Waals surface area contributed by atoms with Crippen LogP contribution in [0.25, 0.3) is 0 Å². The molecule has 2 aliphatic heterocycles. The number of aliphatic hydroxyl groups excluding tert-OH is 1. The molecule has 0 aliphatic carbocycles. The summed E-state index contributed by atoms with van der Waals surface area (Å²) in [5.41, 5.74) is -0.713. The van der Waals surface area contributed by atoms with E-state index >= 15 is 0 Å². The van der Waals surface area contributed by atoms with E-state index in [1.807, 2.05) is 0 Å². The van der Waals surface area contributed by atoms with Crippen molar-refractivity contribution in [3.05, 3.63) is 29.8 Å². The summed E-state index contributed by atoms with van der Waals surface area (Å²) in [5.74, 6) is -0.119. The van der Waals surface area contributed by atoms with Crippen LogP contribution < -0.4 is 4.31 Å². The Kier molecular flexibility index (Phi) is 5.48. The number of likely N-dealkylation sites (tertiary alicyclic amines) is 1. The molecule has 9 heteroatoms. The van der Waals surface area contributed by atoms with Crippen LogP contribution in [-0.4, -0.2) is 79.7 Å². The van der Waals surface area contributed by atoms with Crippen LogP contribution in [0.3, 0.4) is 0 Å². The first kappa shape index (κ1) is 21.0. The highest BCUT2D eigenvalue weighted by Gasteiger charge is 2.49. The molecule has 2 heterocycles. The molecule has 2 N–H and O–H groups in total. The SMILES string of the molecule is CN(c1ccc(C(=O)N2CCC3(CC2)C[C@](C)(O)[C@@H](O)CO3)cc1)S(C)(=O)=O. The number of aliphatic hydroxyl groups is 2. The van der Waals surface area contributed by atoms with Gasteiger partial charge in [-0.15, -0.1) is 0 Å². The van der Waals surface area contributed by atoms with Crippen molar-refractivity contribution < 1.29 is 28.2 Å². The molecule has 2 atom stereocenters. The van der Waals surface area contributed by atoms with Crippen LogP contribution >= 0.6 is 0 Å². The van der Waals surface area contributed by atoms with Crippen molar-refractivity contribution in [1.29, 1.82) is 0 Å². The standard InChI is InChI=1S/C19H28N2O6S/c1-18(24)13-19(27-12-16(18)22)8-10-21(11-9-19)17(23)14-4-6-15(7-5-14)20(2)28(3,25)26/h4-7,16,22,24H,8-13H2,1-3H3/t16-,18-/m0/s1. The zero-order valence-corrected chi connectivity index (χ0v) is 17.3. The zero-order valence-electron chi connectivity index (χ0n) is 16.5. The Bertz CT molecular complexity index is 828. The van der Waals surface area contributed by atoms with E-state index < -0.39 is 27.3 Å². The maximum Gasteiger partial charge on any atom is 0.253 e. The summed E-state index contributed by atoms with van der Waals surface area (Å²) >= 11 is 0. The molecule has 8 nitrogen and oxygen atoms in total. The number of rotatable bonds is 3. The number of carbonyl (C=O) groups is 1. The van der Waals surface area contributed by atoms with Crippen molar-refractivity contribution in [1.82, 2.24) is 4.90 Å². The number of hydrogen-bond acceptors (Lipinski definition) is 6. The summed E-state index contributed by atoms with van der Waals surface area (Å²) in [6, 6.07) is 6.48. The van der Waals surface area contributed by atoms with Crippen LogP contribution in [0.2, 0.25) is 0 Å². The predicted molar refractivity (Wildman–Crippen MR) is 105 cm³/mol. The Morgan fingerprint density at radius 2 is 1.82 bits per heavy atom. The summed E-state index contributed by atoms with van der Waals surface area (Å²) in [7, 11) is -1.89. The maximum absolute atomic E-state index is 12.8. The third-order valence-electron chi connectivity index (χ3n) is 5.88. The van der Waals surface area contributed by atoms with E-state index in [0.29, 0.717) is 43.6 Å². The van der Waals surface area contributed by atoms with E-state index in [1.54, 1.807) is 36.1 Å². The molecule has 2 fully saturated rings. The first-order valence-corrected chi connectivity index (χ1v) is 11.2. The smallest absolute Gasteiger partial charge is 0.253 e. The number of ether oxygens (including phenoxy) is 1. The van der Waals surface area contributed by atoms with Crippen molar-refractivity contribution in [2.75, 3.05) is 37.3 Å². The van der Waals surface area contributed by atoms with Gasteiger partial charge in [0.25, 0.3) is 5.91 Å².